The van der Waals surface area contributed by atoms with Crippen molar-refractivity contribution >= 4 is 27.7 Å². The Morgan fingerprint density at radius 1 is 1.16 bits per heavy atom. The monoisotopic (exact) mass is 579 g/mol. The van der Waals surface area contributed by atoms with Crippen LogP contribution < -0.4 is 9.47 Å². The molecule has 0 aliphatic rings. The number of ether oxygens (including phenoxy) is 2. The van der Waals surface area contributed by atoms with Gasteiger partial charge >= 0.3 is 0 Å². The number of methoxy groups -OCH3 is 1. The number of aryl methyl sites for hydroxylation is 1. The summed E-state index contributed by atoms with van der Waals surface area (Å²) in [5.74, 6) is 1.85. The van der Waals surface area contributed by atoms with Gasteiger partial charge in [0.15, 0.2) is 5.16 Å². The van der Waals surface area contributed by atoms with E-state index < -0.39 is 5.25 Å². The minimum Gasteiger partial charge on any atom is -0.497 e. The molecule has 0 aliphatic heterocycles. The Bertz CT molecular complexity index is 1450. The van der Waals surface area contributed by atoms with Crippen molar-refractivity contribution in [2.75, 3.05) is 13.7 Å². The quantitative estimate of drug-likeness (QED) is 0.129. The van der Waals surface area contributed by atoms with E-state index in [1.54, 1.807) is 25.3 Å². The maximum Gasteiger partial charge on any atom is 0.220 e. The number of hydrogen-bond donors (Lipinski definition) is 0. The molecule has 4 aromatic rings. The Labute approximate surface area is 226 Å². The molecule has 1 atom stereocenters. The van der Waals surface area contributed by atoms with Gasteiger partial charge in [0, 0.05) is 26.2 Å². The van der Waals surface area contributed by atoms with Crippen LogP contribution in [-0.2, 0) is 6.61 Å². The van der Waals surface area contributed by atoms with E-state index in [1.165, 1.54) is 11.8 Å². The van der Waals surface area contributed by atoms with Crippen molar-refractivity contribution in [1.82, 2.24) is 14.8 Å². The summed E-state index contributed by atoms with van der Waals surface area (Å²) in [5.41, 5.74) is 2.68. The van der Waals surface area contributed by atoms with E-state index in [2.05, 4.69) is 32.2 Å². The number of halogens is 1. The van der Waals surface area contributed by atoms with Crippen molar-refractivity contribution in [2.24, 2.45) is 0 Å². The first-order chi connectivity index (χ1) is 17.9. The van der Waals surface area contributed by atoms with Gasteiger partial charge in [-0.15, -0.1) is 10.2 Å². The van der Waals surface area contributed by atoms with E-state index in [0.717, 1.165) is 15.7 Å². The summed E-state index contributed by atoms with van der Waals surface area (Å²) in [6.07, 6.45) is 0. The number of nitro groups is 1. The van der Waals surface area contributed by atoms with Crippen molar-refractivity contribution in [2.45, 2.75) is 23.9 Å². The summed E-state index contributed by atoms with van der Waals surface area (Å²) in [7, 11) is 1.60. The minimum absolute atomic E-state index is 0.148. The highest BCUT2D eigenvalue weighted by atomic mass is 79.9. The van der Waals surface area contributed by atoms with Crippen LogP contribution in [0.15, 0.2) is 76.4 Å². The molecule has 9 nitrogen and oxygen atoms in total. The fraction of sp³-hybridized carbons (Fsp3) is 0.192. The van der Waals surface area contributed by atoms with Gasteiger partial charge in [-0.25, -0.2) is 0 Å². The molecule has 3 aromatic carbocycles. The second-order valence-corrected chi connectivity index (χ2v) is 10.0. The smallest absolute Gasteiger partial charge is 0.220 e. The molecular formula is C26H22BrN5O4S. The molecule has 4 rings (SSSR count). The number of hydrogen-bond acceptors (Lipinski definition) is 8. The van der Waals surface area contributed by atoms with E-state index in [1.807, 2.05) is 60.0 Å². The van der Waals surface area contributed by atoms with Crippen LogP contribution in [-0.4, -0.2) is 33.3 Å². The van der Waals surface area contributed by atoms with Gasteiger partial charge < -0.3 is 9.47 Å². The zero-order valence-corrected chi connectivity index (χ0v) is 22.4. The Kier molecular flexibility index (Phi) is 8.43. The first-order valence-electron chi connectivity index (χ1n) is 11.1. The lowest BCUT2D eigenvalue weighted by Gasteiger charge is -2.18. The maximum absolute atomic E-state index is 11.7. The first-order valence-corrected chi connectivity index (χ1v) is 12.8. The molecule has 0 saturated carbocycles. The maximum atomic E-state index is 11.7. The fourth-order valence-electron chi connectivity index (χ4n) is 3.72. The Morgan fingerprint density at radius 2 is 1.92 bits per heavy atom. The summed E-state index contributed by atoms with van der Waals surface area (Å²) in [4.78, 5) is 11.4. The van der Waals surface area contributed by atoms with Crippen LogP contribution >= 0.6 is 27.7 Å². The molecule has 0 spiro atoms. The summed E-state index contributed by atoms with van der Waals surface area (Å²) in [5, 5.41) is 29.5. The van der Waals surface area contributed by atoms with E-state index in [0.29, 0.717) is 33.6 Å². The average molecular weight is 580 g/mol. The standard InChI is InChI=1S/C26H22BrN5O4S/c1-17-29-30-26(32(17)21-8-10-22(35-2)11-9-21)37-25(15-31(33)34)23-13-20(27)7-12-24(23)36-16-19-6-4-3-5-18(19)14-28/h3-13,25H,15-16H2,1-2H3/t25-/m1/s1. The van der Waals surface area contributed by atoms with Crippen LogP contribution in [0.25, 0.3) is 5.69 Å². The highest BCUT2D eigenvalue weighted by molar-refractivity contribution is 9.10. The second kappa shape index (κ2) is 11.9. The molecular weight excluding hydrogens is 558 g/mol. The number of nitrogens with zero attached hydrogens (tertiary/aromatic N) is 5. The lowest BCUT2D eigenvalue weighted by atomic mass is 10.1. The number of rotatable bonds is 10. The largest absolute Gasteiger partial charge is 0.497 e. The molecule has 1 heterocycles. The van der Waals surface area contributed by atoms with Gasteiger partial charge in [0.25, 0.3) is 0 Å². The molecule has 37 heavy (non-hydrogen) atoms. The average Bonchev–Trinajstić information content (AvgIpc) is 3.27. The van der Waals surface area contributed by atoms with Gasteiger partial charge in [-0.1, -0.05) is 45.9 Å². The second-order valence-electron chi connectivity index (χ2n) is 7.92. The van der Waals surface area contributed by atoms with Gasteiger partial charge in [-0.2, -0.15) is 5.26 Å². The Balaban J connectivity index is 1.68. The third-order valence-corrected chi connectivity index (χ3v) is 7.18. The number of nitriles is 1. The zero-order chi connectivity index (χ0) is 26.4. The highest BCUT2D eigenvalue weighted by Crippen LogP contribution is 2.41. The molecule has 0 fully saturated rings. The molecule has 0 aliphatic carbocycles. The number of thioether (sulfide) groups is 1. The third kappa shape index (κ3) is 6.28. The first kappa shape index (κ1) is 26.2. The minimum atomic E-state index is -0.630. The van der Waals surface area contributed by atoms with Crippen LogP contribution in [0, 0.1) is 28.4 Å². The SMILES string of the molecule is COc1ccc(-n2c(C)nnc2S[C@H](C[N+](=O)[O-])c2cc(Br)ccc2OCc2ccccc2C#N)cc1. The summed E-state index contributed by atoms with van der Waals surface area (Å²) < 4.78 is 14.0. The lowest BCUT2D eigenvalue weighted by Crippen LogP contribution is -2.13. The molecule has 1 aromatic heterocycles. The fourth-order valence-corrected chi connectivity index (χ4v) is 5.29. The van der Waals surface area contributed by atoms with Gasteiger partial charge in [0.2, 0.25) is 6.54 Å². The number of aromatic nitrogens is 3. The number of benzene rings is 3. The van der Waals surface area contributed by atoms with E-state index in [-0.39, 0.29) is 18.1 Å². The predicted molar refractivity (Wildman–Crippen MR) is 143 cm³/mol. The molecule has 0 N–H and O–H groups in total. The highest BCUT2D eigenvalue weighted by Gasteiger charge is 2.27. The molecule has 0 amide bonds. The lowest BCUT2D eigenvalue weighted by molar-refractivity contribution is -0.479. The molecule has 0 bridgehead atoms. The van der Waals surface area contributed by atoms with Crippen molar-refractivity contribution in [3.05, 3.63) is 104 Å². The molecule has 11 heteroatoms. The van der Waals surface area contributed by atoms with Crippen molar-refractivity contribution in [3.63, 3.8) is 0 Å². The van der Waals surface area contributed by atoms with Gasteiger partial charge in [-0.05, 0) is 55.5 Å². The summed E-state index contributed by atoms with van der Waals surface area (Å²) in [6, 6.07) is 22.1. The summed E-state index contributed by atoms with van der Waals surface area (Å²) >= 11 is 4.72. The normalized spacial score (nSPS) is 11.5. The van der Waals surface area contributed by atoms with Crippen LogP contribution in [0.2, 0.25) is 0 Å². The van der Waals surface area contributed by atoms with E-state index >= 15 is 0 Å². The van der Waals surface area contributed by atoms with Crippen LogP contribution in [0.4, 0.5) is 0 Å². The van der Waals surface area contributed by atoms with E-state index in [9.17, 15) is 15.4 Å². The predicted octanol–water partition coefficient (Wildman–Crippen LogP) is 5.91. The zero-order valence-electron chi connectivity index (χ0n) is 20.0. The van der Waals surface area contributed by atoms with Crippen molar-refractivity contribution in [3.8, 4) is 23.3 Å². The van der Waals surface area contributed by atoms with Gasteiger partial charge in [0.05, 0.1) is 18.7 Å². The van der Waals surface area contributed by atoms with Crippen molar-refractivity contribution < 1.29 is 14.4 Å². The Hall–Kier alpha value is -3.88. The van der Waals surface area contributed by atoms with Crippen LogP contribution in [0.1, 0.15) is 27.8 Å². The molecule has 0 unspecified atom stereocenters. The van der Waals surface area contributed by atoms with E-state index in [4.69, 9.17) is 9.47 Å². The van der Waals surface area contributed by atoms with Gasteiger partial charge in [0.1, 0.15) is 29.2 Å². The topological polar surface area (TPSA) is 116 Å². The van der Waals surface area contributed by atoms with Crippen LogP contribution in [0.5, 0.6) is 11.5 Å². The van der Waals surface area contributed by atoms with Crippen LogP contribution in [0.3, 0.4) is 0 Å². The molecule has 188 valence electrons. The van der Waals surface area contributed by atoms with Crippen molar-refractivity contribution in [1.29, 1.82) is 5.26 Å². The third-order valence-electron chi connectivity index (χ3n) is 5.53. The molecule has 0 radical (unpaired) electrons. The van der Waals surface area contributed by atoms with Gasteiger partial charge in [-0.3, -0.25) is 14.7 Å². The Morgan fingerprint density at radius 3 is 2.62 bits per heavy atom. The summed E-state index contributed by atoms with van der Waals surface area (Å²) in [6.45, 7) is 1.61. The molecule has 0 saturated heterocycles.